The van der Waals surface area contributed by atoms with Crippen molar-refractivity contribution in [2.24, 2.45) is 0 Å². The largest absolute Gasteiger partial charge is 0.369 e. The third-order valence-electron chi connectivity index (χ3n) is 2.85. The number of aryl methyl sites for hydroxylation is 1. The topological polar surface area (TPSA) is 56.7 Å². The average Bonchev–Trinajstić information content (AvgIpc) is 2.68. The monoisotopic (exact) mass is 258 g/mol. The van der Waals surface area contributed by atoms with Gasteiger partial charge < -0.3 is 5.73 Å². The van der Waals surface area contributed by atoms with Gasteiger partial charge >= 0.3 is 0 Å². The van der Waals surface area contributed by atoms with E-state index in [2.05, 4.69) is 9.97 Å². The van der Waals surface area contributed by atoms with Crippen LogP contribution in [0.15, 0.2) is 36.5 Å². The summed E-state index contributed by atoms with van der Waals surface area (Å²) in [4.78, 5) is 8.62. The molecule has 0 unspecified atom stereocenters. The zero-order valence-electron chi connectivity index (χ0n) is 9.76. The van der Waals surface area contributed by atoms with Crippen molar-refractivity contribution in [2.45, 2.75) is 6.92 Å². The molecule has 3 rings (SSSR count). The van der Waals surface area contributed by atoms with Gasteiger partial charge in [0.15, 0.2) is 5.65 Å². The Morgan fingerprint density at radius 3 is 2.94 bits per heavy atom. The van der Waals surface area contributed by atoms with Gasteiger partial charge in [0, 0.05) is 11.2 Å². The number of pyridine rings is 1. The van der Waals surface area contributed by atoms with Crippen LogP contribution in [0.2, 0.25) is 5.02 Å². The quantitative estimate of drug-likeness (QED) is 0.730. The summed E-state index contributed by atoms with van der Waals surface area (Å²) in [5.41, 5.74) is 9.45. The van der Waals surface area contributed by atoms with Gasteiger partial charge in [0.2, 0.25) is 5.95 Å². The van der Waals surface area contributed by atoms with E-state index in [1.165, 1.54) is 0 Å². The van der Waals surface area contributed by atoms with Crippen molar-refractivity contribution >= 4 is 28.7 Å². The Bertz CT molecular complexity index is 733. The number of hydrogen-bond donors (Lipinski definition) is 1. The van der Waals surface area contributed by atoms with Crippen molar-refractivity contribution in [3.8, 4) is 5.69 Å². The molecule has 3 aromatic rings. The van der Waals surface area contributed by atoms with Crippen LogP contribution in [0, 0.1) is 6.92 Å². The van der Waals surface area contributed by atoms with Gasteiger partial charge in [-0.3, -0.25) is 4.57 Å². The van der Waals surface area contributed by atoms with Gasteiger partial charge in [-0.2, -0.15) is 0 Å². The van der Waals surface area contributed by atoms with Gasteiger partial charge in [-0.15, -0.1) is 0 Å². The molecule has 0 saturated carbocycles. The Morgan fingerprint density at radius 1 is 1.28 bits per heavy atom. The second kappa shape index (κ2) is 3.99. The molecule has 90 valence electrons. The number of anilines is 1. The molecule has 4 nitrogen and oxygen atoms in total. The first-order valence-corrected chi connectivity index (χ1v) is 5.90. The summed E-state index contributed by atoms with van der Waals surface area (Å²) in [6, 6.07) is 9.39. The molecule has 0 aliphatic rings. The van der Waals surface area contributed by atoms with E-state index in [0.717, 1.165) is 22.4 Å². The summed E-state index contributed by atoms with van der Waals surface area (Å²) >= 11 is 6.04. The lowest BCUT2D eigenvalue weighted by atomic mass is 10.2. The maximum absolute atomic E-state index is 6.04. The molecular weight excluding hydrogens is 248 g/mol. The average molecular weight is 259 g/mol. The second-order valence-corrected chi connectivity index (χ2v) is 4.52. The third-order valence-corrected chi connectivity index (χ3v) is 3.09. The minimum atomic E-state index is 0.411. The van der Waals surface area contributed by atoms with Crippen LogP contribution in [0.5, 0.6) is 0 Å². The fourth-order valence-electron chi connectivity index (χ4n) is 1.99. The maximum atomic E-state index is 6.04. The van der Waals surface area contributed by atoms with E-state index in [1.807, 2.05) is 41.8 Å². The first-order valence-electron chi connectivity index (χ1n) is 5.52. The Balaban J connectivity index is 2.37. The van der Waals surface area contributed by atoms with Crippen LogP contribution >= 0.6 is 11.6 Å². The zero-order valence-corrected chi connectivity index (χ0v) is 10.5. The highest BCUT2D eigenvalue weighted by atomic mass is 35.5. The summed E-state index contributed by atoms with van der Waals surface area (Å²) in [6.45, 7) is 2.00. The van der Waals surface area contributed by atoms with Crippen LogP contribution in [0.4, 0.5) is 5.95 Å². The third kappa shape index (κ3) is 1.62. The van der Waals surface area contributed by atoms with Gasteiger partial charge in [-0.05, 0) is 36.8 Å². The van der Waals surface area contributed by atoms with E-state index < -0.39 is 0 Å². The molecule has 2 N–H and O–H groups in total. The highest BCUT2D eigenvalue weighted by molar-refractivity contribution is 6.30. The minimum absolute atomic E-state index is 0.411. The molecule has 0 bridgehead atoms. The van der Waals surface area contributed by atoms with Crippen molar-refractivity contribution in [1.29, 1.82) is 0 Å². The molecular formula is C13H11ClN4. The first kappa shape index (κ1) is 11.0. The first-order chi connectivity index (χ1) is 8.66. The number of hydrogen-bond acceptors (Lipinski definition) is 3. The molecule has 1 aromatic carbocycles. The van der Waals surface area contributed by atoms with Gasteiger partial charge in [0.05, 0.1) is 5.69 Å². The van der Waals surface area contributed by atoms with Crippen LogP contribution in [-0.2, 0) is 0 Å². The van der Waals surface area contributed by atoms with E-state index in [1.54, 1.807) is 6.20 Å². The molecule has 2 heterocycles. The fraction of sp³-hybridized carbons (Fsp3) is 0.0769. The molecule has 0 amide bonds. The van der Waals surface area contributed by atoms with E-state index in [-0.39, 0.29) is 0 Å². The summed E-state index contributed by atoms with van der Waals surface area (Å²) in [5, 5.41) is 0.660. The van der Waals surface area contributed by atoms with E-state index in [4.69, 9.17) is 17.3 Å². The summed E-state index contributed by atoms with van der Waals surface area (Å²) in [7, 11) is 0. The number of benzene rings is 1. The van der Waals surface area contributed by atoms with E-state index in [0.29, 0.717) is 11.0 Å². The molecule has 0 aliphatic heterocycles. The molecule has 5 heteroatoms. The SMILES string of the molecule is Cc1ccc(Cl)cc1-n1c(N)nc2cccnc21. The number of nitrogens with zero attached hydrogens (tertiary/aromatic N) is 3. The van der Waals surface area contributed by atoms with Crippen LogP contribution in [0.25, 0.3) is 16.9 Å². The van der Waals surface area contributed by atoms with Crippen molar-refractivity contribution < 1.29 is 0 Å². The molecule has 0 aliphatic carbocycles. The predicted octanol–water partition coefficient (Wildman–Crippen LogP) is 2.96. The van der Waals surface area contributed by atoms with Crippen LogP contribution in [0.1, 0.15) is 5.56 Å². The highest BCUT2D eigenvalue weighted by Gasteiger charge is 2.12. The molecule has 0 spiro atoms. The van der Waals surface area contributed by atoms with E-state index >= 15 is 0 Å². The fourth-order valence-corrected chi connectivity index (χ4v) is 2.16. The Morgan fingerprint density at radius 2 is 2.11 bits per heavy atom. The molecule has 18 heavy (non-hydrogen) atoms. The van der Waals surface area contributed by atoms with Crippen LogP contribution in [-0.4, -0.2) is 14.5 Å². The minimum Gasteiger partial charge on any atom is -0.369 e. The summed E-state index contributed by atoms with van der Waals surface area (Å²) < 4.78 is 1.82. The Hall–Kier alpha value is -2.07. The van der Waals surface area contributed by atoms with Crippen molar-refractivity contribution in [1.82, 2.24) is 14.5 Å². The lowest BCUT2D eigenvalue weighted by Gasteiger charge is -2.09. The standard InChI is InChI=1S/C13H11ClN4/c1-8-4-5-9(14)7-11(8)18-12-10(17-13(18)15)3-2-6-16-12/h2-7H,1H3,(H2,15,17). The van der Waals surface area contributed by atoms with Gasteiger partial charge in [-0.1, -0.05) is 17.7 Å². The van der Waals surface area contributed by atoms with E-state index in [9.17, 15) is 0 Å². The molecule has 0 fully saturated rings. The normalized spacial score (nSPS) is 11.0. The van der Waals surface area contributed by atoms with Crippen molar-refractivity contribution in [2.75, 3.05) is 5.73 Å². The van der Waals surface area contributed by atoms with Gasteiger partial charge in [-0.25, -0.2) is 9.97 Å². The summed E-state index contributed by atoms with van der Waals surface area (Å²) in [5.74, 6) is 0.411. The second-order valence-electron chi connectivity index (χ2n) is 4.08. The van der Waals surface area contributed by atoms with Gasteiger partial charge in [0.1, 0.15) is 5.52 Å². The van der Waals surface area contributed by atoms with Crippen molar-refractivity contribution in [3.63, 3.8) is 0 Å². The number of nitrogen functional groups attached to an aromatic ring is 1. The van der Waals surface area contributed by atoms with Crippen LogP contribution < -0.4 is 5.73 Å². The smallest absolute Gasteiger partial charge is 0.207 e. The van der Waals surface area contributed by atoms with Crippen molar-refractivity contribution in [3.05, 3.63) is 47.1 Å². The number of rotatable bonds is 1. The number of imidazole rings is 1. The maximum Gasteiger partial charge on any atom is 0.207 e. The summed E-state index contributed by atoms with van der Waals surface area (Å²) in [6.07, 6.45) is 1.72. The molecule has 2 aromatic heterocycles. The number of fused-ring (bicyclic) bond motifs is 1. The lowest BCUT2D eigenvalue weighted by molar-refractivity contribution is 1.07. The molecule has 0 radical (unpaired) electrons. The predicted molar refractivity (Wildman–Crippen MR) is 73.0 cm³/mol. The van der Waals surface area contributed by atoms with Gasteiger partial charge in [0.25, 0.3) is 0 Å². The Kier molecular flexibility index (Phi) is 2.45. The zero-order chi connectivity index (χ0) is 12.7. The lowest BCUT2D eigenvalue weighted by Crippen LogP contribution is -2.03. The van der Waals surface area contributed by atoms with Crippen LogP contribution in [0.3, 0.4) is 0 Å². The molecule has 0 atom stereocenters. The molecule has 0 saturated heterocycles. The highest BCUT2D eigenvalue weighted by Crippen LogP contribution is 2.25. The number of nitrogens with two attached hydrogens (primary N) is 1. The number of halogens is 1. The number of aromatic nitrogens is 3. The Labute approximate surface area is 109 Å².